The zero-order chi connectivity index (χ0) is 24.8. The summed E-state index contributed by atoms with van der Waals surface area (Å²) in [6.07, 6.45) is 5.03. The van der Waals surface area contributed by atoms with E-state index in [4.69, 9.17) is 9.15 Å². The van der Waals surface area contributed by atoms with Gasteiger partial charge in [-0.05, 0) is 59.9 Å². The number of nitrogens with one attached hydrogen (secondary N) is 1. The molecule has 1 aliphatic heterocycles. The van der Waals surface area contributed by atoms with E-state index in [2.05, 4.69) is 36.5 Å². The Labute approximate surface area is 208 Å². The van der Waals surface area contributed by atoms with E-state index in [-0.39, 0.29) is 18.1 Å². The average Bonchev–Trinajstić information content (AvgIpc) is 3.15. The Morgan fingerprint density at radius 3 is 2.43 bits per heavy atom. The third kappa shape index (κ3) is 6.61. The lowest BCUT2D eigenvalue weighted by Gasteiger charge is -2.22. The molecule has 0 aliphatic carbocycles. The molecule has 1 saturated heterocycles. The molecule has 0 saturated carbocycles. The lowest BCUT2D eigenvalue weighted by Crippen LogP contribution is -2.10. The number of rotatable bonds is 8. The smallest absolute Gasteiger partial charge is 0.227 e. The lowest BCUT2D eigenvalue weighted by atomic mass is 9.82. The van der Waals surface area contributed by atoms with Gasteiger partial charge in [-0.25, -0.2) is 0 Å². The van der Waals surface area contributed by atoms with Crippen LogP contribution in [0.25, 0.3) is 11.1 Å². The fourth-order valence-electron chi connectivity index (χ4n) is 4.62. The topological polar surface area (TPSA) is 88.8 Å². The summed E-state index contributed by atoms with van der Waals surface area (Å²) in [6, 6.07) is 18.0. The van der Waals surface area contributed by atoms with Gasteiger partial charge in [0.1, 0.15) is 5.76 Å². The van der Waals surface area contributed by atoms with Crippen LogP contribution in [0.2, 0.25) is 0 Å². The first-order valence-electron chi connectivity index (χ1n) is 12.1. The Bertz CT molecular complexity index is 1200. The number of hydrogen-bond acceptors (Lipinski definition) is 6. The van der Waals surface area contributed by atoms with Crippen LogP contribution in [0.15, 0.2) is 63.8 Å². The number of ether oxygens (including phenoxy) is 1. The monoisotopic (exact) mass is 495 g/mol. The van der Waals surface area contributed by atoms with Crippen LogP contribution < -0.4 is 10.7 Å². The fourth-order valence-corrected chi connectivity index (χ4v) is 5.17. The van der Waals surface area contributed by atoms with Gasteiger partial charge in [0.15, 0.2) is 5.76 Å². The molecule has 4 rings (SSSR count). The summed E-state index contributed by atoms with van der Waals surface area (Å²) in [6.45, 7) is 4.21. The number of benzene rings is 2. The Kier molecular flexibility index (Phi) is 8.42. The van der Waals surface area contributed by atoms with Crippen LogP contribution in [0.4, 0.5) is 5.69 Å². The largest absolute Gasteiger partial charge is 0.502 e. The average molecular weight is 496 g/mol. The van der Waals surface area contributed by atoms with Crippen molar-refractivity contribution in [3.05, 3.63) is 81.9 Å². The van der Waals surface area contributed by atoms with Crippen LogP contribution >= 0.6 is 0 Å². The van der Waals surface area contributed by atoms with Gasteiger partial charge in [-0.2, -0.15) is 0 Å². The van der Waals surface area contributed by atoms with E-state index in [1.807, 2.05) is 24.3 Å². The molecular formula is C28H33NO5S. The summed E-state index contributed by atoms with van der Waals surface area (Å²) < 4.78 is 22.7. The second kappa shape index (κ2) is 11.7. The van der Waals surface area contributed by atoms with Crippen molar-refractivity contribution >= 4 is 16.5 Å². The number of hydrogen-bond donors (Lipinski definition) is 2. The van der Waals surface area contributed by atoms with Crippen molar-refractivity contribution in [2.45, 2.75) is 44.4 Å². The maximum Gasteiger partial charge on any atom is 0.227 e. The third-order valence-corrected chi connectivity index (χ3v) is 7.39. The molecule has 0 spiro atoms. The van der Waals surface area contributed by atoms with E-state index in [0.717, 1.165) is 42.9 Å². The SMILES string of the molecule is CC(c1ccc(-c2ccc(NCc3oc(CS(C)=O)cc(=O)c3O)cc2)cc1)C1CCCOCC1. The minimum Gasteiger partial charge on any atom is -0.502 e. The van der Waals surface area contributed by atoms with Crippen LogP contribution in [0.3, 0.4) is 0 Å². The van der Waals surface area contributed by atoms with Gasteiger partial charge in [0.05, 0.1) is 12.3 Å². The highest BCUT2D eigenvalue weighted by Crippen LogP contribution is 2.33. The van der Waals surface area contributed by atoms with Crippen molar-refractivity contribution in [3.8, 4) is 16.9 Å². The minimum absolute atomic E-state index is 0.129. The first kappa shape index (κ1) is 25.2. The van der Waals surface area contributed by atoms with Gasteiger partial charge in [-0.3, -0.25) is 9.00 Å². The van der Waals surface area contributed by atoms with Crippen molar-refractivity contribution < 1.29 is 18.5 Å². The van der Waals surface area contributed by atoms with Gasteiger partial charge in [0.25, 0.3) is 0 Å². The van der Waals surface area contributed by atoms with Crippen molar-refractivity contribution in [1.29, 1.82) is 0 Å². The summed E-state index contributed by atoms with van der Waals surface area (Å²) >= 11 is 0. The summed E-state index contributed by atoms with van der Waals surface area (Å²) in [5, 5.41) is 13.2. The molecule has 3 aromatic rings. The lowest BCUT2D eigenvalue weighted by molar-refractivity contribution is 0.140. The minimum atomic E-state index is -1.15. The highest BCUT2D eigenvalue weighted by molar-refractivity contribution is 7.83. The van der Waals surface area contributed by atoms with Gasteiger partial charge < -0.3 is 19.6 Å². The molecule has 3 atom stereocenters. The van der Waals surface area contributed by atoms with Gasteiger partial charge >= 0.3 is 0 Å². The molecular weight excluding hydrogens is 462 g/mol. The molecule has 1 fully saturated rings. The van der Waals surface area contributed by atoms with Crippen molar-refractivity contribution in [2.75, 3.05) is 24.8 Å². The predicted octanol–water partition coefficient (Wildman–Crippen LogP) is 5.42. The van der Waals surface area contributed by atoms with E-state index in [1.165, 1.54) is 24.3 Å². The second-order valence-corrected chi connectivity index (χ2v) is 10.6. The van der Waals surface area contributed by atoms with Gasteiger partial charge in [0, 0.05) is 42.0 Å². The van der Waals surface area contributed by atoms with Gasteiger partial charge in [-0.1, -0.05) is 43.3 Å². The van der Waals surface area contributed by atoms with Crippen LogP contribution in [0, 0.1) is 5.92 Å². The first-order valence-corrected chi connectivity index (χ1v) is 13.8. The first-order chi connectivity index (χ1) is 16.9. The predicted molar refractivity (Wildman–Crippen MR) is 140 cm³/mol. The highest BCUT2D eigenvalue weighted by Gasteiger charge is 2.20. The van der Waals surface area contributed by atoms with Crippen LogP contribution in [-0.4, -0.2) is 28.8 Å². The molecule has 7 heteroatoms. The van der Waals surface area contributed by atoms with Crippen LogP contribution in [0.1, 0.15) is 49.2 Å². The highest BCUT2D eigenvalue weighted by atomic mass is 32.2. The third-order valence-electron chi connectivity index (χ3n) is 6.70. The Morgan fingerprint density at radius 2 is 1.74 bits per heavy atom. The van der Waals surface area contributed by atoms with Crippen molar-refractivity contribution in [3.63, 3.8) is 0 Å². The van der Waals surface area contributed by atoms with E-state index >= 15 is 0 Å². The van der Waals surface area contributed by atoms with Crippen LogP contribution in [0.5, 0.6) is 5.75 Å². The Morgan fingerprint density at radius 1 is 1.06 bits per heavy atom. The molecule has 1 aromatic heterocycles. The van der Waals surface area contributed by atoms with E-state index < -0.39 is 22.0 Å². The summed E-state index contributed by atoms with van der Waals surface area (Å²) in [5.41, 5.74) is 3.93. The number of anilines is 1. The van der Waals surface area contributed by atoms with Crippen molar-refractivity contribution in [1.82, 2.24) is 0 Å². The fraction of sp³-hybridized carbons (Fsp3) is 0.393. The molecule has 1 aliphatic rings. The molecule has 2 N–H and O–H groups in total. The van der Waals surface area contributed by atoms with Crippen molar-refractivity contribution in [2.24, 2.45) is 5.92 Å². The zero-order valence-corrected chi connectivity index (χ0v) is 21.1. The van der Waals surface area contributed by atoms with E-state index in [1.54, 1.807) is 0 Å². The maximum atomic E-state index is 12.0. The molecule has 0 amide bonds. The molecule has 2 heterocycles. The second-order valence-electron chi connectivity index (χ2n) is 9.21. The summed E-state index contributed by atoms with van der Waals surface area (Å²) in [5.74, 6) is 1.32. The molecule has 2 aromatic carbocycles. The quantitative estimate of drug-likeness (QED) is 0.434. The summed E-state index contributed by atoms with van der Waals surface area (Å²) in [4.78, 5) is 12.0. The standard InChI is InChI=1S/C28H33NO5S/c1-19(20-4-3-14-33-15-13-20)21-5-7-22(8-6-21)23-9-11-24(12-10-23)29-17-27-28(31)26(30)16-25(34-27)18-35(2)32/h5-12,16,19-20,29,31H,3-4,13-15,17-18H2,1-2H3. The molecule has 35 heavy (non-hydrogen) atoms. The maximum absolute atomic E-state index is 12.0. The van der Waals surface area contributed by atoms with Gasteiger partial charge in [-0.15, -0.1) is 0 Å². The normalized spacial score (nSPS) is 17.9. The molecule has 6 nitrogen and oxygen atoms in total. The van der Waals surface area contributed by atoms with Gasteiger partial charge in [0.2, 0.25) is 11.2 Å². The Balaban J connectivity index is 1.40. The van der Waals surface area contributed by atoms with Crippen LogP contribution in [-0.2, 0) is 27.8 Å². The van der Waals surface area contributed by atoms with E-state index in [9.17, 15) is 14.1 Å². The zero-order valence-electron chi connectivity index (χ0n) is 20.3. The molecule has 0 bridgehead atoms. The molecule has 186 valence electrons. The Hall–Kier alpha value is -2.90. The number of aromatic hydroxyl groups is 1. The molecule has 3 unspecified atom stereocenters. The van der Waals surface area contributed by atoms with E-state index in [0.29, 0.717) is 17.6 Å². The molecule has 0 radical (unpaired) electrons. The summed E-state index contributed by atoms with van der Waals surface area (Å²) in [7, 11) is -1.15.